The van der Waals surface area contributed by atoms with E-state index in [2.05, 4.69) is 6.92 Å². The summed E-state index contributed by atoms with van der Waals surface area (Å²) >= 11 is 1.84. The Balaban J connectivity index is 2.89. The minimum Gasteiger partial charge on any atom is -0.395 e. The van der Waals surface area contributed by atoms with Crippen LogP contribution in [0, 0.1) is 0 Å². The van der Waals surface area contributed by atoms with Crippen molar-refractivity contribution in [1.29, 1.82) is 0 Å². The second-order valence-corrected chi connectivity index (χ2v) is 3.87. The van der Waals surface area contributed by atoms with Gasteiger partial charge >= 0.3 is 0 Å². The standard InChI is InChI=1S/C8H19NOS/c1-2-3-4-5-11-7-8(9)6-10/h8,10H,2-7,9H2,1H3. The van der Waals surface area contributed by atoms with E-state index < -0.39 is 0 Å². The van der Waals surface area contributed by atoms with E-state index in [0.29, 0.717) is 0 Å². The fraction of sp³-hybridized carbons (Fsp3) is 1.00. The van der Waals surface area contributed by atoms with Gasteiger partial charge in [-0.05, 0) is 12.2 Å². The molecule has 11 heavy (non-hydrogen) atoms. The van der Waals surface area contributed by atoms with Crippen LogP contribution in [0.15, 0.2) is 0 Å². The van der Waals surface area contributed by atoms with Crippen molar-refractivity contribution in [2.45, 2.75) is 32.2 Å². The van der Waals surface area contributed by atoms with Gasteiger partial charge in [0, 0.05) is 11.8 Å². The molecule has 0 aliphatic rings. The molecule has 0 fully saturated rings. The maximum atomic E-state index is 8.60. The van der Waals surface area contributed by atoms with Crippen LogP contribution >= 0.6 is 11.8 Å². The molecule has 0 amide bonds. The first-order valence-electron chi connectivity index (χ1n) is 4.25. The van der Waals surface area contributed by atoms with Crippen LogP contribution in [0.3, 0.4) is 0 Å². The molecule has 1 unspecified atom stereocenters. The summed E-state index contributed by atoms with van der Waals surface area (Å²) in [6.07, 6.45) is 3.85. The highest BCUT2D eigenvalue weighted by atomic mass is 32.2. The third-order valence-corrected chi connectivity index (χ3v) is 2.70. The number of nitrogens with two attached hydrogens (primary N) is 1. The Bertz CT molecular complexity index is 80.5. The lowest BCUT2D eigenvalue weighted by Gasteiger charge is -2.06. The molecule has 1 atom stereocenters. The molecule has 2 nitrogen and oxygen atoms in total. The zero-order valence-corrected chi connectivity index (χ0v) is 8.07. The van der Waals surface area contributed by atoms with Gasteiger partial charge in [0.2, 0.25) is 0 Å². The smallest absolute Gasteiger partial charge is 0.0590 e. The van der Waals surface area contributed by atoms with Crippen LogP contribution in [0.2, 0.25) is 0 Å². The Morgan fingerprint density at radius 3 is 2.73 bits per heavy atom. The van der Waals surface area contributed by atoms with Gasteiger partial charge in [-0.2, -0.15) is 11.8 Å². The summed E-state index contributed by atoms with van der Waals surface area (Å²) in [5.41, 5.74) is 5.52. The van der Waals surface area contributed by atoms with Crippen LogP contribution in [0.1, 0.15) is 26.2 Å². The van der Waals surface area contributed by atoms with E-state index in [1.54, 1.807) is 0 Å². The van der Waals surface area contributed by atoms with Gasteiger partial charge in [-0.15, -0.1) is 0 Å². The van der Waals surface area contributed by atoms with Crippen LogP contribution in [0.5, 0.6) is 0 Å². The van der Waals surface area contributed by atoms with E-state index in [1.165, 1.54) is 25.0 Å². The van der Waals surface area contributed by atoms with Crippen LogP contribution in [0.4, 0.5) is 0 Å². The molecule has 0 aliphatic heterocycles. The lowest BCUT2D eigenvalue weighted by molar-refractivity contribution is 0.275. The van der Waals surface area contributed by atoms with Gasteiger partial charge in [0.25, 0.3) is 0 Å². The van der Waals surface area contributed by atoms with E-state index >= 15 is 0 Å². The summed E-state index contributed by atoms with van der Waals surface area (Å²) in [5, 5.41) is 8.60. The Morgan fingerprint density at radius 2 is 2.18 bits per heavy atom. The van der Waals surface area contributed by atoms with E-state index in [0.717, 1.165) is 5.75 Å². The molecule has 0 saturated carbocycles. The van der Waals surface area contributed by atoms with Crippen LogP contribution in [0.25, 0.3) is 0 Å². The van der Waals surface area contributed by atoms with Gasteiger partial charge in [-0.3, -0.25) is 0 Å². The predicted octanol–water partition coefficient (Wildman–Crippen LogP) is 1.23. The Kier molecular flexibility index (Phi) is 8.57. The fourth-order valence-electron chi connectivity index (χ4n) is 0.742. The normalized spacial score (nSPS) is 13.4. The molecule has 3 heteroatoms. The van der Waals surface area contributed by atoms with Gasteiger partial charge in [0.05, 0.1) is 6.61 Å². The largest absolute Gasteiger partial charge is 0.395 e. The third kappa shape index (κ3) is 8.17. The van der Waals surface area contributed by atoms with E-state index in [-0.39, 0.29) is 12.6 Å². The summed E-state index contributed by atoms with van der Waals surface area (Å²) in [6.45, 7) is 2.31. The first-order valence-corrected chi connectivity index (χ1v) is 5.41. The zero-order valence-electron chi connectivity index (χ0n) is 7.25. The van der Waals surface area contributed by atoms with Crippen molar-refractivity contribution in [3.05, 3.63) is 0 Å². The molecule has 3 N–H and O–H groups in total. The third-order valence-electron chi connectivity index (χ3n) is 1.46. The van der Waals surface area contributed by atoms with Crippen molar-refractivity contribution in [2.75, 3.05) is 18.1 Å². The second kappa shape index (κ2) is 8.37. The molecule has 68 valence electrons. The summed E-state index contributed by atoms with van der Waals surface area (Å²) in [5.74, 6) is 2.07. The summed E-state index contributed by atoms with van der Waals surface area (Å²) in [6, 6.07) is -0.0263. The van der Waals surface area contributed by atoms with Gasteiger partial charge < -0.3 is 10.8 Å². The average Bonchev–Trinajstić information content (AvgIpc) is 2.04. The molecule has 0 aromatic carbocycles. The van der Waals surface area contributed by atoms with Crippen molar-refractivity contribution < 1.29 is 5.11 Å². The quantitative estimate of drug-likeness (QED) is 0.575. The van der Waals surface area contributed by atoms with E-state index in [9.17, 15) is 0 Å². The number of hydrogen-bond donors (Lipinski definition) is 2. The molecule has 0 aliphatic carbocycles. The van der Waals surface area contributed by atoms with Crippen LogP contribution in [-0.2, 0) is 0 Å². The predicted molar refractivity (Wildman–Crippen MR) is 51.9 cm³/mol. The summed E-state index contributed by atoms with van der Waals surface area (Å²) < 4.78 is 0. The maximum absolute atomic E-state index is 8.60. The number of aliphatic hydroxyl groups is 1. The Hall–Kier alpha value is 0.270. The number of aliphatic hydroxyl groups excluding tert-OH is 1. The monoisotopic (exact) mass is 177 g/mol. The number of hydrogen-bond acceptors (Lipinski definition) is 3. The number of unbranched alkanes of at least 4 members (excludes halogenated alkanes) is 2. The molecule has 0 aromatic heterocycles. The molecular weight excluding hydrogens is 158 g/mol. The van der Waals surface area contributed by atoms with Crippen LogP contribution < -0.4 is 5.73 Å². The number of rotatable bonds is 7. The lowest BCUT2D eigenvalue weighted by atomic mass is 10.3. The van der Waals surface area contributed by atoms with Crippen molar-refractivity contribution in [2.24, 2.45) is 5.73 Å². The maximum Gasteiger partial charge on any atom is 0.0590 e. The van der Waals surface area contributed by atoms with Gasteiger partial charge in [-0.25, -0.2) is 0 Å². The van der Waals surface area contributed by atoms with Crippen molar-refractivity contribution in [3.63, 3.8) is 0 Å². The molecule has 0 rings (SSSR count). The lowest BCUT2D eigenvalue weighted by Crippen LogP contribution is -2.27. The molecule has 0 aromatic rings. The highest BCUT2D eigenvalue weighted by Crippen LogP contribution is 2.06. The van der Waals surface area contributed by atoms with Gasteiger partial charge in [-0.1, -0.05) is 19.8 Å². The highest BCUT2D eigenvalue weighted by molar-refractivity contribution is 7.99. The molecule has 0 radical (unpaired) electrons. The van der Waals surface area contributed by atoms with Gasteiger partial charge in [0.1, 0.15) is 0 Å². The molecular formula is C8H19NOS. The topological polar surface area (TPSA) is 46.2 Å². The Labute approximate surface area is 73.6 Å². The summed E-state index contributed by atoms with van der Waals surface area (Å²) in [4.78, 5) is 0. The molecule has 0 saturated heterocycles. The van der Waals surface area contributed by atoms with E-state index in [4.69, 9.17) is 10.8 Å². The highest BCUT2D eigenvalue weighted by Gasteiger charge is 1.98. The van der Waals surface area contributed by atoms with E-state index in [1.807, 2.05) is 11.8 Å². The zero-order chi connectivity index (χ0) is 8.53. The second-order valence-electron chi connectivity index (χ2n) is 2.72. The minimum absolute atomic E-state index is 0.0263. The van der Waals surface area contributed by atoms with Crippen molar-refractivity contribution >= 4 is 11.8 Å². The number of thioether (sulfide) groups is 1. The molecule has 0 bridgehead atoms. The van der Waals surface area contributed by atoms with Crippen molar-refractivity contribution in [3.8, 4) is 0 Å². The van der Waals surface area contributed by atoms with Crippen molar-refractivity contribution in [1.82, 2.24) is 0 Å². The van der Waals surface area contributed by atoms with Gasteiger partial charge in [0.15, 0.2) is 0 Å². The fourth-order valence-corrected chi connectivity index (χ4v) is 1.72. The molecule has 0 heterocycles. The first-order chi connectivity index (χ1) is 5.31. The first kappa shape index (κ1) is 11.3. The minimum atomic E-state index is -0.0263. The molecule has 0 spiro atoms. The Morgan fingerprint density at radius 1 is 1.45 bits per heavy atom. The SMILES string of the molecule is CCCCCSCC(N)CO. The average molecular weight is 177 g/mol. The summed E-state index contributed by atoms with van der Waals surface area (Å²) in [7, 11) is 0. The van der Waals surface area contributed by atoms with Crippen LogP contribution in [-0.4, -0.2) is 29.3 Å².